The molecule has 106 valence electrons. The molecule has 4 fully saturated rings. The number of hydrogen-bond acceptors (Lipinski definition) is 2. The smallest absolute Gasteiger partial charge is 0.223 e. The van der Waals surface area contributed by atoms with E-state index in [4.69, 9.17) is 0 Å². The van der Waals surface area contributed by atoms with Crippen LogP contribution >= 0.6 is 0 Å². The molecular weight excluding hydrogens is 236 g/mol. The number of nitrogens with one attached hydrogen (secondary N) is 1. The Labute approximate surface area is 116 Å². The second-order valence-electron chi connectivity index (χ2n) is 7.67. The van der Waals surface area contributed by atoms with Gasteiger partial charge in [0, 0.05) is 24.4 Å². The molecule has 1 aliphatic heterocycles. The van der Waals surface area contributed by atoms with Gasteiger partial charge in [0.2, 0.25) is 5.91 Å². The molecule has 0 unspecified atom stereocenters. The van der Waals surface area contributed by atoms with Crippen LogP contribution in [0.15, 0.2) is 0 Å². The molecule has 19 heavy (non-hydrogen) atoms. The van der Waals surface area contributed by atoms with Crippen molar-refractivity contribution in [3.8, 4) is 0 Å². The fraction of sp³-hybridized carbons (Fsp3) is 0.938. The van der Waals surface area contributed by atoms with E-state index in [1.165, 1.54) is 71.0 Å². The molecule has 3 heteroatoms. The molecule has 1 saturated heterocycles. The van der Waals surface area contributed by atoms with Crippen LogP contribution in [0, 0.1) is 16.7 Å². The standard InChI is InChI=1S/C16H26N2O/c19-14(13-10-16(13)4-3-5-16)17-11-15(6-7-15)12-18-8-1-2-9-18/h13H,1-12H2,(H,17,19)/t13-/m0/s1. The first-order valence-electron chi connectivity index (χ1n) is 8.22. The van der Waals surface area contributed by atoms with E-state index in [0.29, 0.717) is 22.7 Å². The summed E-state index contributed by atoms with van der Waals surface area (Å²) in [4.78, 5) is 14.8. The third-order valence-electron chi connectivity index (χ3n) is 6.21. The average Bonchev–Trinajstić information content (AvgIpc) is 3.23. The van der Waals surface area contributed by atoms with Crippen LogP contribution in [0.1, 0.15) is 51.4 Å². The number of amides is 1. The fourth-order valence-corrected chi connectivity index (χ4v) is 4.28. The Kier molecular flexibility index (Phi) is 2.70. The van der Waals surface area contributed by atoms with Crippen molar-refractivity contribution in [3.05, 3.63) is 0 Å². The van der Waals surface area contributed by atoms with E-state index in [1.54, 1.807) is 0 Å². The van der Waals surface area contributed by atoms with E-state index in [-0.39, 0.29) is 0 Å². The lowest BCUT2D eigenvalue weighted by atomic mass is 9.79. The zero-order valence-electron chi connectivity index (χ0n) is 11.9. The number of likely N-dealkylation sites (tertiary alicyclic amines) is 1. The lowest BCUT2D eigenvalue weighted by Crippen LogP contribution is -2.38. The SMILES string of the molecule is O=C(NCC1(CN2CCCC2)CC1)[C@@H]1CC12CCC2. The average molecular weight is 262 g/mol. The molecule has 3 saturated carbocycles. The topological polar surface area (TPSA) is 32.3 Å². The monoisotopic (exact) mass is 262 g/mol. The van der Waals surface area contributed by atoms with Crippen molar-refractivity contribution in [2.75, 3.05) is 26.2 Å². The van der Waals surface area contributed by atoms with Gasteiger partial charge in [-0.05, 0) is 63.5 Å². The molecule has 3 nitrogen and oxygen atoms in total. The Morgan fingerprint density at radius 1 is 1.11 bits per heavy atom. The van der Waals surface area contributed by atoms with E-state index in [2.05, 4.69) is 10.2 Å². The largest absolute Gasteiger partial charge is 0.355 e. The first-order valence-corrected chi connectivity index (χ1v) is 8.22. The number of rotatable bonds is 5. The normalized spacial score (nSPS) is 34.0. The van der Waals surface area contributed by atoms with E-state index in [0.717, 1.165) is 6.54 Å². The number of carbonyl (C=O) groups is 1. The van der Waals surface area contributed by atoms with Crippen LogP contribution in [0.5, 0.6) is 0 Å². The van der Waals surface area contributed by atoms with Crippen LogP contribution in [-0.4, -0.2) is 37.0 Å². The van der Waals surface area contributed by atoms with Crippen molar-refractivity contribution in [1.82, 2.24) is 10.2 Å². The van der Waals surface area contributed by atoms with Crippen molar-refractivity contribution < 1.29 is 4.79 Å². The van der Waals surface area contributed by atoms with Gasteiger partial charge in [-0.1, -0.05) is 6.42 Å². The minimum atomic E-state index is 0.368. The summed E-state index contributed by atoms with van der Waals surface area (Å²) in [7, 11) is 0. The lowest BCUT2D eigenvalue weighted by molar-refractivity contribution is -0.123. The molecule has 1 N–H and O–H groups in total. The third kappa shape index (κ3) is 2.20. The van der Waals surface area contributed by atoms with Gasteiger partial charge in [-0.3, -0.25) is 4.79 Å². The summed E-state index contributed by atoms with van der Waals surface area (Å²) in [6, 6.07) is 0. The summed E-state index contributed by atoms with van der Waals surface area (Å²) in [6.07, 6.45) is 10.5. The van der Waals surface area contributed by atoms with Gasteiger partial charge >= 0.3 is 0 Å². The maximum absolute atomic E-state index is 12.2. The number of hydrogen-bond donors (Lipinski definition) is 1. The Balaban J connectivity index is 1.24. The first-order chi connectivity index (χ1) is 9.22. The van der Waals surface area contributed by atoms with Gasteiger partial charge in [-0.25, -0.2) is 0 Å². The van der Waals surface area contributed by atoms with Crippen LogP contribution in [0.4, 0.5) is 0 Å². The van der Waals surface area contributed by atoms with E-state index < -0.39 is 0 Å². The fourth-order valence-electron chi connectivity index (χ4n) is 4.28. The molecule has 0 radical (unpaired) electrons. The second kappa shape index (κ2) is 4.21. The maximum atomic E-state index is 12.2. The van der Waals surface area contributed by atoms with E-state index in [9.17, 15) is 4.79 Å². The predicted molar refractivity (Wildman–Crippen MR) is 74.7 cm³/mol. The highest BCUT2D eigenvalue weighted by Gasteiger charge is 2.61. The van der Waals surface area contributed by atoms with Crippen LogP contribution in [-0.2, 0) is 4.79 Å². The molecule has 0 aromatic heterocycles. The highest BCUT2D eigenvalue weighted by Crippen LogP contribution is 2.65. The Hall–Kier alpha value is -0.570. The molecule has 1 spiro atoms. The zero-order chi connectivity index (χ0) is 12.9. The van der Waals surface area contributed by atoms with E-state index in [1.807, 2.05) is 0 Å². The molecule has 0 aromatic carbocycles. The van der Waals surface area contributed by atoms with Gasteiger partial charge < -0.3 is 10.2 Å². The van der Waals surface area contributed by atoms with Crippen molar-refractivity contribution in [2.45, 2.75) is 51.4 Å². The molecule has 4 aliphatic rings. The van der Waals surface area contributed by atoms with Gasteiger partial charge in [-0.15, -0.1) is 0 Å². The molecule has 0 aromatic rings. The molecule has 0 bridgehead atoms. The summed E-state index contributed by atoms with van der Waals surface area (Å²) in [5.41, 5.74) is 0.928. The van der Waals surface area contributed by atoms with Crippen LogP contribution in [0.3, 0.4) is 0 Å². The molecule has 1 heterocycles. The van der Waals surface area contributed by atoms with Crippen molar-refractivity contribution in [3.63, 3.8) is 0 Å². The minimum absolute atomic E-state index is 0.368. The van der Waals surface area contributed by atoms with Gasteiger partial charge in [-0.2, -0.15) is 0 Å². The molecule has 1 atom stereocenters. The van der Waals surface area contributed by atoms with Gasteiger partial charge in [0.15, 0.2) is 0 Å². The molecule has 4 rings (SSSR count). The van der Waals surface area contributed by atoms with Crippen molar-refractivity contribution in [1.29, 1.82) is 0 Å². The molecule has 3 aliphatic carbocycles. The lowest BCUT2D eigenvalue weighted by Gasteiger charge is -2.27. The quantitative estimate of drug-likeness (QED) is 0.823. The summed E-state index contributed by atoms with van der Waals surface area (Å²) < 4.78 is 0. The van der Waals surface area contributed by atoms with Crippen LogP contribution in [0.2, 0.25) is 0 Å². The van der Waals surface area contributed by atoms with Gasteiger partial charge in [0.25, 0.3) is 0 Å². The van der Waals surface area contributed by atoms with E-state index >= 15 is 0 Å². The summed E-state index contributed by atoms with van der Waals surface area (Å²) in [5.74, 6) is 0.747. The summed E-state index contributed by atoms with van der Waals surface area (Å²) in [6.45, 7) is 4.72. The van der Waals surface area contributed by atoms with Crippen LogP contribution < -0.4 is 5.32 Å². The zero-order valence-corrected chi connectivity index (χ0v) is 11.9. The number of carbonyl (C=O) groups excluding carboxylic acids is 1. The number of nitrogens with zero attached hydrogens (tertiary/aromatic N) is 1. The maximum Gasteiger partial charge on any atom is 0.223 e. The van der Waals surface area contributed by atoms with Crippen molar-refractivity contribution >= 4 is 5.91 Å². The van der Waals surface area contributed by atoms with Crippen LogP contribution in [0.25, 0.3) is 0 Å². The highest BCUT2D eigenvalue weighted by molar-refractivity contribution is 5.82. The Morgan fingerprint density at radius 3 is 2.37 bits per heavy atom. The van der Waals surface area contributed by atoms with Crippen molar-refractivity contribution in [2.24, 2.45) is 16.7 Å². The molecule has 1 amide bonds. The summed E-state index contributed by atoms with van der Waals surface area (Å²) in [5, 5.41) is 3.28. The summed E-state index contributed by atoms with van der Waals surface area (Å²) >= 11 is 0. The van der Waals surface area contributed by atoms with Gasteiger partial charge in [0.1, 0.15) is 0 Å². The minimum Gasteiger partial charge on any atom is -0.355 e. The Morgan fingerprint density at radius 2 is 1.84 bits per heavy atom. The Bertz CT molecular complexity index is 378. The third-order valence-corrected chi connectivity index (χ3v) is 6.21. The first kappa shape index (κ1) is 12.2. The van der Waals surface area contributed by atoms with Gasteiger partial charge in [0.05, 0.1) is 0 Å². The highest BCUT2D eigenvalue weighted by atomic mass is 16.2. The predicted octanol–water partition coefficient (Wildman–Crippen LogP) is 2.17. The second-order valence-corrected chi connectivity index (χ2v) is 7.67. The molecular formula is C16H26N2O.